The van der Waals surface area contributed by atoms with Crippen LogP contribution in [0.2, 0.25) is 0 Å². The van der Waals surface area contributed by atoms with Crippen molar-refractivity contribution in [2.24, 2.45) is 0 Å². The Morgan fingerprint density at radius 1 is 0.952 bits per heavy atom. The van der Waals surface area contributed by atoms with Gasteiger partial charge in [0.1, 0.15) is 17.1 Å². The van der Waals surface area contributed by atoms with E-state index in [1.165, 1.54) is 41.2 Å². The first-order valence-corrected chi connectivity index (χ1v) is 20.5. The van der Waals surface area contributed by atoms with Crippen LogP contribution in [0, 0.1) is 5.82 Å². The third-order valence-electron chi connectivity index (χ3n) is 9.08. The molecule has 5 aromatic rings. The first-order chi connectivity index (χ1) is 29.7. The largest absolute Gasteiger partial charge is 0.419 e. The van der Waals surface area contributed by atoms with Gasteiger partial charge in [0.2, 0.25) is 17.8 Å². The molecule has 62 heavy (non-hydrogen) atoms. The van der Waals surface area contributed by atoms with E-state index in [2.05, 4.69) is 46.1 Å². The third-order valence-corrected chi connectivity index (χ3v) is 9.91. The zero-order valence-corrected chi connectivity index (χ0v) is 34.8. The quantitative estimate of drug-likeness (QED) is 0.0251. The second-order valence-corrected chi connectivity index (χ2v) is 15.7. The molecule has 0 saturated carbocycles. The fourth-order valence-corrected chi connectivity index (χ4v) is 6.80. The molecule has 22 heteroatoms. The number of hydrogen-bond donors (Lipinski definition) is 5. The lowest BCUT2D eigenvalue weighted by atomic mass is 9.90. The summed E-state index contributed by atoms with van der Waals surface area (Å²) in [5.74, 6) is -1.70. The number of halogens is 4. The average Bonchev–Trinajstić information content (AvgIpc) is 3.88. The fourth-order valence-electron chi connectivity index (χ4n) is 6.15. The van der Waals surface area contributed by atoms with Gasteiger partial charge in [-0.15, -0.1) is 5.10 Å². The molecule has 0 bridgehead atoms. The average molecular weight is 886 g/mol. The molecule has 5 N–H and O–H groups in total. The number of carbonyl (C=O) groups is 2. The number of aromatic nitrogens is 7. The fraction of sp³-hybridized carbons (Fsp3) is 0.425. The Bertz CT molecular complexity index is 2250. The summed E-state index contributed by atoms with van der Waals surface area (Å²) in [6.07, 6.45) is 1.05. The third kappa shape index (κ3) is 14.0. The van der Waals surface area contributed by atoms with Gasteiger partial charge < -0.3 is 30.0 Å². The van der Waals surface area contributed by atoms with Gasteiger partial charge in [0.05, 0.1) is 88.0 Å². The highest BCUT2D eigenvalue weighted by Crippen LogP contribution is 2.36. The van der Waals surface area contributed by atoms with Crippen LogP contribution in [0.5, 0.6) is 0 Å². The summed E-state index contributed by atoms with van der Waals surface area (Å²) in [4.78, 5) is 31.8. The molecule has 0 radical (unpaired) electrons. The molecule has 3 aromatic heterocycles. The van der Waals surface area contributed by atoms with Crippen molar-refractivity contribution in [2.45, 2.75) is 69.0 Å². The molecular weight excluding hydrogens is 839 g/mol. The van der Waals surface area contributed by atoms with Crippen LogP contribution < -0.4 is 20.7 Å². The Hall–Kier alpha value is -5.52. The number of ether oxygens (including phenoxy) is 3. The second-order valence-electron chi connectivity index (χ2n) is 14.8. The number of imide groups is 1. The maximum Gasteiger partial charge on any atom is 0.419 e. The molecule has 1 saturated heterocycles. The van der Waals surface area contributed by atoms with Crippen LogP contribution in [0.4, 0.5) is 34.9 Å². The minimum absolute atomic E-state index is 0.0368. The summed E-state index contributed by atoms with van der Waals surface area (Å²) >= 11 is 1.18. The van der Waals surface area contributed by atoms with E-state index < -0.39 is 28.9 Å². The van der Waals surface area contributed by atoms with E-state index in [1.807, 2.05) is 24.3 Å². The van der Waals surface area contributed by atoms with Gasteiger partial charge in [0.25, 0.3) is 0 Å². The van der Waals surface area contributed by atoms with Crippen molar-refractivity contribution in [3.8, 4) is 11.3 Å². The molecule has 17 nitrogen and oxygen atoms in total. The number of carbonyl (C=O) groups excluding carboxylic acids is 2. The first-order valence-electron chi connectivity index (χ1n) is 19.7. The highest BCUT2D eigenvalue weighted by molar-refractivity contribution is 7.97. The molecule has 4 heterocycles. The number of nitrogens with one attached hydrogen (secondary N) is 4. The molecule has 0 spiro atoms. The van der Waals surface area contributed by atoms with Gasteiger partial charge in [-0.05, 0) is 68.1 Å². The van der Waals surface area contributed by atoms with Crippen molar-refractivity contribution in [2.75, 3.05) is 56.8 Å². The van der Waals surface area contributed by atoms with Crippen molar-refractivity contribution in [3.05, 3.63) is 89.9 Å². The van der Waals surface area contributed by atoms with Crippen LogP contribution in [0.1, 0.15) is 49.4 Å². The number of anilines is 3. The van der Waals surface area contributed by atoms with Gasteiger partial charge in [0, 0.05) is 48.1 Å². The Labute approximate surface area is 358 Å². The Morgan fingerprint density at radius 2 is 1.73 bits per heavy atom. The molecule has 1 aliphatic heterocycles. The van der Waals surface area contributed by atoms with Crippen LogP contribution in [0.25, 0.3) is 11.3 Å². The molecule has 2 amide bonds. The van der Waals surface area contributed by atoms with Gasteiger partial charge in [-0.25, -0.2) is 19.0 Å². The van der Waals surface area contributed by atoms with Crippen molar-refractivity contribution in [1.82, 2.24) is 44.8 Å². The second kappa shape index (κ2) is 21.5. The summed E-state index contributed by atoms with van der Waals surface area (Å²) in [7, 11) is 0. The number of amides is 2. The predicted octanol–water partition coefficient (Wildman–Crippen LogP) is 5.08. The van der Waals surface area contributed by atoms with E-state index in [0.717, 1.165) is 11.3 Å². The van der Waals surface area contributed by atoms with Gasteiger partial charge in [0.15, 0.2) is 0 Å². The highest BCUT2D eigenvalue weighted by atomic mass is 32.2. The summed E-state index contributed by atoms with van der Waals surface area (Å²) in [5.41, 5.74) is -0.222. The predicted molar refractivity (Wildman–Crippen MR) is 219 cm³/mol. The minimum atomic E-state index is -4.76. The van der Waals surface area contributed by atoms with Gasteiger partial charge in [-0.3, -0.25) is 24.3 Å². The lowest BCUT2D eigenvalue weighted by Crippen LogP contribution is -2.39. The van der Waals surface area contributed by atoms with Crippen LogP contribution in [0.3, 0.4) is 0 Å². The minimum Gasteiger partial charge on any atom is -0.389 e. The van der Waals surface area contributed by atoms with Crippen LogP contribution in [0.15, 0.2) is 72.1 Å². The van der Waals surface area contributed by atoms with Gasteiger partial charge >= 0.3 is 6.18 Å². The summed E-state index contributed by atoms with van der Waals surface area (Å²) in [5, 5.41) is 30.6. The molecule has 1 aliphatic rings. The van der Waals surface area contributed by atoms with Gasteiger partial charge in [-0.1, -0.05) is 17.3 Å². The lowest BCUT2D eigenvalue weighted by Gasteiger charge is -2.21. The van der Waals surface area contributed by atoms with Crippen molar-refractivity contribution in [3.63, 3.8) is 0 Å². The summed E-state index contributed by atoms with van der Waals surface area (Å²) in [6, 6.07) is 11.9. The Kier molecular flexibility index (Phi) is 16.0. The van der Waals surface area contributed by atoms with Crippen LogP contribution >= 0.6 is 11.9 Å². The van der Waals surface area contributed by atoms with Crippen LogP contribution in [-0.4, -0.2) is 103 Å². The molecule has 332 valence electrons. The van der Waals surface area contributed by atoms with Crippen molar-refractivity contribution >= 4 is 41.1 Å². The number of rotatable bonds is 23. The van der Waals surface area contributed by atoms with E-state index in [-0.39, 0.29) is 48.1 Å². The molecule has 6 rings (SSSR count). The normalized spacial score (nSPS) is 14.6. The van der Waals surface area contributed by atoms with Crippen LogP contribution in [-0.2, 0) is 49.7 Å². The van der Waals surface area contributed by atoms with E-state index in [9.17, 15) is 27.9 Å². The zero-order chi connectivity index (χ0) is 44.1. The number of aliphatic hydroxyl groups is 1. The first kappa shape index (κ1) is 46.0. The maximum atomic E-state index is 15.0. The monoisotopic (exact) mass is 885 g/mol. The Balaban J connectivity index is 0.819. The summed E-state index contributed by atoms with van der Waals surface area (Å²) < 4.78 is 79.5. The SMILES string of the molecule is CC(C)(O)Cn1cc(-c2nc(Nc3ccc(SNCCOCc4cn(CCOCCOCCNc5ccc(C6CCC(=O)NC6=O)cc5)nn4)cc3F)ncc2C(F)(F)F)cn1. The number of piperidine rings is 1. The topological polar surface area (TPSA) is 204 Å². The summed E-state index contributed by atoms with van der Waals surface area (Å²) in [6.45, 7) is 7.00. The maximum absolute atomic E-state index is 15.0. The molecule has 2 aromatic carbocycles. The van der Waals surface area contributed by atoms with E-state index in [0.29, 0.717) is 82.3 Å². The molecular formula is C40H47F4N11O6S. The number of alkyl halides is 3. The number of nitrogens with zero attached hydrogens (tertiary/aromatic N) is 7. The molecule has 0 aliphatic carbocycles. The van der Waals surface area contributed by atoms with E-state index >= 15 is 4.39 Å². The molecule has 1 unspecified atom stereocenters. The highest BCUT2D eigenvalue weighted by Gasteiger charge is 2.36. The number of benzene rings is 2. The van der Waals surface area contributed by atoms with E-state index in [4.69, 9.17) is 14.2 Å². The van der Waals surface area contributed by atoms with Crippen molar-refractivity contribution in [1.29, 1.82) is 0 Å². The molecule has 1 atom stereocenters. The smallest absolute Gasteiger partial charge is 0.389 e. The van der Waals surface area contributed by atoms with E-state index in [1.54, 1.807) is 30.8 Å². The van der Waals surface area contributed by atoms with Gasteiger partial charge in [-0.2, -0.15) is 18.3 Å². The van der Waals surface area contributed by atoms with Crippen molar-refractivity contribution < 1.29 is 46.5 Å². The Morgan fingerprint density at radius 3 is 2.47 bits per heavy atom. The lowest BCUT2D eigenvalue weighted by molar-refractivity contribution is -0.137. The standard InChI is InChI=1S/C40H47F4N11O6S/c1-39(2,58)25-55-22-27(20-47-55)36-32(40(42,43)44)21-46-38(51-36)49-34-9-7-30(19-33(34)41)62-48-12-15-61-24-29-23-54(53-52-29)13-16-60-18-17-59-14-11-45-28-5-3-26(4-6-28)31-8-10-35(56)50-37(31)57/h3-7,9,19-23,31,45,48,58H,8,10-18,24-25H2,1-2H3,(H,46,49,51)(H,50,56,57). The molecule has 1 fully saturated rings. The zero-order valence-electron chi connectivity index (χ0n) is 34.0. The number of hydrogen-bond acceptors (Lipinski definition) is 15.